The van der Waals surface area contributed by atoms with E-state index >= 15 is 0 Å². The molecule has 1 fully saturated rings. The average Bonchev–Trinajstić information content (AvgIpc) is 2.31. The fourth-order valence-corrected chi connectivity index (χ4v) is 2.69. The van der Waals surface area contributed by atoms with Gasteiger partial charge in [-0.2, -0.15) is 0 Å². The van der Waals surface area contributed by atoms with Crippen molar-refractivity contribution in [2.24, 2.45) is 0 Å². The van der Waals surface area contributed by atoms with E-state index in [-0.39, 0.29) is 23.2 Å². The van der Waals surface area contributed by atoms with Crippen molar-refractivity contribution in [1.82, 2.24) is 5.32 Å². The highest BCUT2D eigenvalue weighted by Gasteiger charge is 2.29. The topological polar surface area (TPSA) is 41.5 Å². The largest absolute Gasteiger partial charge is 0.508 e. The normalized spacial score (nSPS) is 24.1. The summed E-state index contributed by atoms with van der Waals surface area (Å²) in [6, 6.07) is 4.29. The van der Waals surface area contributed by atoms with E-state index < -0.39 is 0 Å². The van der Waals surface area contributed by atoms with Crippen LogP contribution in [0.1, 0.15) is 45.2 Å². The number of benzene rings is 1. The number of rotatable bonds is 3. The lowest BCUT2D eigenvalue weighted by Gasteiger charge is -2.37. The quantitative estimate of drug-likeness (QED) is 0.884. The van der Waals surface area contributed by atoms with E-state index in [1.165, 1.54) is 18.2 Å². The summed E-state index contributed by atoms with van der Waals surface area (Å²) in [7, 11) is 0. The van der Waals surface area contributed by atoms with Gasteiger partial charge in [0, 0.05) is 24.3 Å². The van der Waals surface area contributed by atoms with E-state index in [9.17, 15) is 9.50 Å². The molecule has 1 heterocycles. The second-order valence-corrected chi connectivity index (χ2v) is 5.89. The molecule has 4 heteroatoms. The molecule has 0 radical (unpaired) electrons. The van der Waals surface area contributed by atoms with Gasteiger partial charge in [-0.15, -0.1) is 0 Å². The summed E-state index contributed by atoms with van der Waals surface area (Å²) in [5.41, 5.74) is 0.476. The molecule has 1 saturated heterocycles. The van der Waals surface area contributed by atoms with Crippen molar-refractivity contribution in [3.8, 4) is 5.75 Å². The fraction of sp³-hybridized carbons (Fsp3) is 0.600. The Morgan fingerprint density at radius 3 is 2.89 bits per heavy atom. The third-order valence-corrected chi connectivity index (χ3v) is 3.64. The average molecular weight is 267 g/mol. The Hall–Kier alpha value is -1.13. The van der Waals surface area contributed by atoms with Gasteiger partial charge in [0.25, 0.3) is 0 Å². The third kappa shape index (κ3) is 3.67. The highest BCUT2D eigenvalue weighted by molar-refractivity contribution is 5.34. The van der Waals surface area contributed by atoms with Crippen LogP contribution in [0.15, 0.2) is 18.2 Å². The number of hydrogen-bond acceptors (Lipinski definition) is 3. The second-order valence-electron chi connectivity index (χ2n) is 5.89. The molecular weight excluding hydrogens is 245 g/mol. The first-order chi connectivity index (χ1) is 8.87. The Morgan fingerprint density at radius 1 is 1.47 bits per heavy atom. The summed E-state index contributed by atoms with van der Waals surface area (Å²) in [4.78, 5) is 0. The van der Waals surface area contributed by atoms with Crippen LogP contribution in [0.5, 0.6) is 5.75 Å². The van der Waals surface area contributed by atoms with Crippen LogP contribution in [-0.4, -0.2) is 23.4 Å². The summed E-state index contributed by atoms with van der Waals surface area (Å²) >= 11 is 0. The molecule has 0 aliphatic carbocycles. The molecule has 0 amide bonds. The Balaban J connectivity index is 2.04. The molecule has 0 bridgehead atoms. The van der Waals surface area contributed by atoms with Crippen LogP contribution < -0.4 is 5.32 Å². The Bertz CT molecular complexity index is 448. The van der Waals surface area contributed by atoms with Gasteiger partial charge in [0.2, 0.25) is 0 Å². The number of hydrogen-bond donors (Lipinski definition) is 2. The molecule has 2 unspecified atom stereocenters. The Kier molecular flexibility index (Phi) is 4.11. The number of nitrogens with one attached hydrogen (secondary N) is 1. The highest BCUT2D eigenvalue weighted by Crippen LogP contribution is 2.29. The zero-order valence-electron chi connectivity index (χ0n) is 11.7. The summed E-state index contributed by atoms with van der Waals surface area (Å²) < 4.78 is 18.9. The predicted octanol–water partition coefficient (Wildman–Crippen LogP) is 3.14. The first kappa shape index (κ1) is 14.3. The van der Waals surface area contributed by atoms with Crippen molar-refractivity contribution < 1.29 is 14.2 Å². The molecule has 1 aromatic rings. The van der Waals surface area contributed by atoms with E-state index in [4.69, 9.17) is 4.74 Å². The van der Waals surface area contributed by atoms with Crippen LogP contribution in [-0.2, 0) is 4.74 Å². The van der Waals surface area contributed by atoms with Gasteiger partial charge in [-0.25, -0.2) is 4.39 Å². The van der Waals surface area contributed by atoms with E-state index in [0.717, 1.165) is 19.4 Å². The number of aromatic hydroxyl groups is 1. The lowest BCUT2D eigenvalue weighted by Crippen LogP contribution is -2.44. The van der Waals surface area contributed by atoms with Crippen LogP contribution >= 0.6 is 0 Å². The van der Waals surface area contributed by atoms with Crippen molar-refractivity contribution in [2.45, 2.75) is 51.3 Å². The van der Waals surface area contributed by atoms with Gasteiger partial charge in [0.15, 0.2) is 0 Å². The molecule has 1 aliphatic heterocycles. The minimum Gasteiger partial charge on any atom is -0.508 e. The van der Waals surface area contributed by atoms with E-state index in [1.807, 2.05) is 6.92 Å². The summed E-state index contributed by atoms with van der Waals surface area (Å²) in [6.07, 6.45) is 1.84. The molecule has 106 valence electrons. The third-order valence-electron chi connectivity index (χ3n) is 3.64. The number of phenolic OH excluding ortho intramolecular Hbond substituents is 1. The molecule has 0 aromatic heterocycles. The van der Waals surface area contributed by atoms with Gasteiger partial charge in [-0.05, 0) is 51.8 Å². The summed E-state index contributed by atoms with van der Waals surface area (Å²) in [5, 5.41) is 13.3. The minimum absolute atomic E-state index is 0.0883. The molecule has 3 nitrogen and oxygen atoms in total. The molecule has 19 heavy (non-hydrogen) atoms. The Morgan fingerprint density at radius 2 is 2.21 bits per heavy atom. The molecule has 2 atom stereocenters. The maximum Gasteiger partial charge on any atom is 0.123 e. The van der Waals surface area contributed by atoms with Crippen molar-refractivity contribution in [3.63, 3.8) is 0 Å². The molecule has 1 aliphatic rings. The van der Waals surface area contributed by atoms with Gasteiger partial charge in [-0.1, -0.05) is 0 Å². The number of halogens is 1. The van der Waals surface area contributed by atoms with Gasteiger partial charge < -0.3 is 15.2 Å². The first-order valence-corrected chi connectivity index (χ1v) is 6.76. The summed E-state index contributed by atoms with van der Waals surface area (Å²) in [6.45, 7) is 6.82. The van der Waals surface area contributed by atoms with Crippen LogP contribution in [0.2, 0.25) is 0 Å². The van der Waals surface area contributed by atoms with Crippen molar-refractivity contribution in [1.29, 1.82) is 0 Å². The molecule has 2 N–H and O–H groups in total. The van der Waals surface area contributed by atoms with Gasteiger partial charge in [-0.3, -0.25) is 0 Å². The van der Waals surface area contributed by atoms with Crippen LogP contribution in [0, 0.1) is 5.82 Å². The minimum atomic E-state index is -0.325. The van der Waals surface area contributed by atoms with E-state index in [2.05, 4.69) is 19.2 Å². The van der Waals surface area contributed by atoms with Crippen molar-refractivity contribution >= 4 is 0 Å². The lowest BCUT2D eigenvalue weighted by atomic mass is 9.93. The molecule has 0 saturated carbocycles. The van der Waals surface area contributed by atoms with Crippen LogP contribution in [0.3, 0.4) is 0 Å². The van der Waals surface area contributed by atoms with Gasteiger partial charge >= 0.3 is 0 Å². The van der Waals surface area contributed by atoms with Crippen molar-refractivity contribution in [2.75, 3.05) is 6.61 Å². The highest BCUT2D eigenvalue weighted by atomic mass is 19.1. The van der Waals surface area contributed by atoms with Crippen LogP contribution in [0.25, 0.3) is 0 Å². The number of phenols is 1. The van der Waals surface area contributed by atoms with Crippen molar-refractivity contribution in [3.05, 3.63) is 29.6 Å². The van der Waals surface area contributed by atoms with Gasteiger partial charge in [0.1, 0.15) is 11.6 Å². The zero-order valence-corrected chi connectivity index (χ0v) is 11.7. The smallest absolute Gasteiger partial charge is 0.123 e. The van der Waals surface area contributed by atoms with E-state index in [0.29, 0.717) is 11.6 Å². The Labute approximate surface area is 113 Å². The van der Waals surface area contributed by atoms with Gasteiger partial charge in [0.05, 0.1) is 5.60 Å². The fourth-order valence-electron chi connectivity index (χ4n) is 2.69. The number of ether oxygens (including phenoxy) is 1. The van der Waals surface area contributed by atoms with Crippen LogP contribution in [0.4, 0.5) is 4.39 Å². The molecule has 1 aromatic carbocycles. The predicted molar refractivity (Wildman–Crippen MR) is 72.7 cm³/mol. The second kappa shape index (κ2) is 5.47. The molecular formula is C15H22FNO2. The monoisotopic (exact) mass is 267 g/mol. The standard InChI is InChI=1S/C15H22FNO2/c1-10(13-8-11(16)4-5-14(13)18)17-12-6-7-19-15(2,3)9-12/h4-5,8,10,12,17-18H,6-7,9H2,1-3H3. The molecule has 0 spiro atoms. The summed E-state index contributed by atoms with van der Waals surface area (Å²) in [5.74, 6) is -0.193. The SMILES string of the molecule is CC(NC1CCOC(C)(C)C1)c1cc(F)ccc1O. The maximum atomic E-state index is 13.3. The molecule has 2 rings (SSSR count). The maximum absolute atomic E-state index is 13.3. The zero-order chi connectivity index (χ0) is 14.0. The first-order valence-electron chi connectivity index (χ1n) is 6.76. The van der Waals surface area contributed by atoms with E-state index in [1.54, 1.807) is 0 Å². The lowest BCUT2D eigenvalue weighted by molar-refractivity contribution is -0.0640.